The molecule has 1 heterocycles. The number of anilines is 1. The number of nitrogens with zero attached hydrogens (tertiary/aromatic N) is 2. The molecule has 0 bridgehead atoms. The number of hydrogen-bond acceptors (Lipinski definition) is 5. The third-order valence-corrected chi connectivity index (χ3v) is 4.46. The number of ether oxygens (including phenoxy) is 2. The van der Waals surface area contributed by atoms with Crippen LogP contribution in [0.3, 0.4) is 0 Å². The highest BCUT2D eigenvalue weighted by Crippen LogP contribution is 2.31. The molecule has 0 aliphatic carbocycles. The second-order valence-corrected chi connectivity index (χ2v) is 6.22. The van der Waals surface area contributed by atoms with Crippen LogP contribution in [-0.4, -0.2) is 31.0 Å². The Morgan fingerprint density at radius 3 is 2.58 bits per heavy atom. The number of thioether (sulfide) groups is 1. The zero-order valence-electron chi connectivity index (χ0n) is 14.9. The lowest BCUT2D eigenvalue weighted by Crippen LogP contribution is -2.29. The number of methoxy groups -OCH3 is 1. The number of carbonyl (C=O) groups is 1. The van der Waals surface area contributed by atoms with E-state index in [1.165, 1.54) is 11.8 Å². The van der Waals surface area contributed by atoms with Gasteiger partial charge in [0.05, 0.1) is 19.4 Å². The highest BCUT2D eigenvalue weighted by atomic mass is 32.2. The first-order valence-corrected chi connectivity index (χ1v) is 9.45. The van der Waals surface area contributed by atoms with E-state index in [0.717, 1.165) is 11.3 Å². The Morgan fingerprint density at radius 2 is 1.92 bits per heavy atom. The summed E-state index contributed by atoms with van der Waals surface area (Å²) in [4.78, 5) is 19.0. The molecule has 134 valence electrons. The number of amides is 1. The predicted octanol–water partition coefficient (Wildman–Crippen LogP) is 4.20. The van der Waals surface area contributed by atoms with Crippen LogP contribution in [0.2, 0.25) is 0 Å². The van der Waals surface area contributed by atoms with Gasteiger partial charge in [-0.25, -0.2) is 4.99 Å². The number of carbonyl (C=O) groups excluding carboxylic acids is 1. The van der Waals surface area contributed by atoms with Crippen LogP contribution in [0, 0.1) is 0 Å². The number of benzene rings is 2. The largest absolute Gasteiger partial charge is 0.493 e. The van der Waals surface area contributed by atoms with Crippen molar-refractivity contribution in [1.82, 2.24) is 0 Å². The number of aliphatic imine (C=N–C) groups is 1. The van der Waals surface area contributed by atoms with Crippen molar-refractivity contribution in [3.63, 3.8) is 0 Å². The van der Waals surface area contributed by atoms with Crippen LogP contribution in [0.25, 0.3) is 6.08 Å². The average Bonchev–Trinajstić information content (AvgIpc) is 2.99. The lowest BCUT2D eigenvalue weighted by molar-refractivity contribution is -0.113. The normalized spacial score (nSPS) is 15.3. The molecule has 0 radical (unpaired) electrons. The molecule has 0 N–H and O–H groups in total. The van der Waals surface area contributed by atoms with Crippen LogP contribution < -0.4 is 14.4 Å². The van der Waals surface area contributed by atoms with E-state index in [4.69, 9.17) is 9.47 Å². The summed E-state index contributed by atoms with van der Waals surface area (Å²) < 4.78 is 10.9. The van der Waals surface area contributed by atoms with Gasteiger partial charge in [-0.3, -0.25) is 9.69 Å². The summed E-state index contributed by atoms with van der Waals surface area (Å²) >= 11 is 1.44. The van der Waals surface area contributed by atoms with Gasteiger partial charge in [0, 0.05) is 0 Å². The third-order valence-electron chi connectivity index (χ3n) is 3.82. The Labute approximate surface area is 157 Å². The molecule has 26 heavy (non-hydrogen) atoms. The van der Waals surface area contributed by atoms with Gasteiger partial charge >= 0.3 is 0 Å². The maximum atomic E-state index is 12.9. The monoisotopic (exact) mass is 368 g/mol. The molecular weight excluding hydrogens is 348 g/mol. The Balaban J connectivity index is 1.94. The number of rotatable bonds is 5. The molecule has 5 nitrogen and oxygen atoms in total. The number of hydrogen-bond donors (Lipinski definition) is 0. The van der Waals surface area contributed by atoms with E-state index < -0.39 is 0 Å². The molecule has 0 aromatic heterocycles. The summed E-state index contributed by atoms with van der Waals surface area (Å²) in [7, 11) is 1.59. The summed E-state index contributed by atoms with van der Waals surface area (Å²) in [6, 6.07) is 15.1. The first-order valence-electron chi connectivity index (χ1n) is 8.22. The summed E-state index contributed by atoms with van der Waals surface area (Å²) in [6.45, 7) is 2.48. The molecule has 0 saturated heterocycles. The quantitative estimate of drug-likeness (QED) is 0.742. The fraction of sp³-hybridized carbons (Fsp3) is 0.200. The van der Waals surface area contributed by atoms with Gasteiger partial charge in [-0.1, -0.05) is 36.0 Å². The van der Waals surface area contributed by atoms with Crippen molar-refractivity contribution in [3.8, 4) is 11.5 Å². The molecule has 2 aromatic carbocycles. The number of amidine groups is 1. The highest BCUT2D eigenvalue weighted by Gasteiger charge is 2.31. The molecule has 1 aliphatic rings. The van der Waals surface area contributed by atoms with E-state index >= 15 is 0 Å². The van der Waals surface area contributed by atoms with E-state index in [2.05, 4.69) is 4.99 Å². The maximum Gasteiger partial charge on any atom is 0.283 e. The Bertz CT molecular complexity index is 863. The molecule has 0 atom stereocenters. The lowest BCUT2D eigenvalue weighted by atomic mass is 10.1. The molecule has 2 aromatic rings. The van der Waals surface area contributed by atoms with Gasteiger partial charge in [0.25, 0.3) is 5.91 Å². The molecular formula is C20H20N2O3S. The minimum absolute atomic E-state index is 0.145. The van der Waals surface area contributed by atoms with Crippen molar-refractivity contribution in [3.05, 3.63) is 59.8 Å². The van der Waals surface area contributed by atoms with Crippen LogP contribution >= 0.6 is 11.8 Å². The molecule has 3 rings (SSSR count). The van der Waals surface area contributed by atoms with E-state index in [-0.39, 0.29) is 5.91 Å². The van der Waals surface area contributed by atoms with Gasteiger partial charge in [-0.2, -0.15) is 0 Å². The van der Waals surface area contributed by atoms with Crippen molar-refractivity contribution in [2.24, 2.45) is 4.99 Å². The van der Waals surface area contributed by atoms with Crippen LogP contribution in [0.15, 0.2) is 59.2 Å². The van der Waals surface area contributed by atoms with Gasteiger partial charge in [0.2, 0.25) is 0 Å². The van der Waals surface area contributed by atoms with Crippen molar-refractivity contribution in [1.29, 1.82) is 0 Å². The first kappa shape index (κ1) is 18.1. The molecule has 0 spiro atoms. The van der Waals surface area contributed by atoms with E-state index in [9.17, 15) is 4.79 Å². The predicted molar refractivity (Wildman–Crippen MR) is 107 cm³/mol. The zero-order valence-corrected chi connectivity index (χ0v) is 15.7. The molecule has 0 saturated carbocycles. The van der Waals surface area contributed by atoms with E-state index in [1.807, 2.05) is 61.7 Å². The van der Waals surface area contributed by atoms with Crippen molar-refractivity contribution in [2.75, 3.05) is 24.9 Å². The molecule has 0 fully saturated rings. The number of para-hydroxylation sites is 1. The van der Waals surface area contributed by atoms with Crippen molar-refractivity contribution in [2.45, 2.75) is 6.92 Å². The van der Waals surface area contributed by atoms with E-state index in [1.54, 1.807) is 18.1 Å². The van der Waals surface area contributed by atoms with Crippen LogP contribution in [0.1, 0.15) is 12.5 Å². The highest BCUT2D eigenvalue weighted by molar-refractivity contribution is 8.13. The van der Waals surface area contributed by atoms with Crippen molar-refractivity contribution >= 4 is 34.6 Å². The average molecular weight is 368 g/mol. The second kappa shape index (κ2) is 8.10. The minimum Gasteiger partial charge on any atom is -0.493 e. The van der Waals surface area contributed by atoms with Gasteiger partial charge in [0.1, 0.15) is 5.70 Å². The fourth-order valence-corrected chi connectivity index (χ4v) is 3.21. The third kappa shape index (κ3) is 3.60. The Hall–Kier alpha value is -2.73. The standard InChI is InChI=1S/C20H20N2O3S/c1-4-25-17-11-10-14(13-18(17)24-2)12-16-19(23)22(20(21-16)26-3)15-8-6-5-7-9-15/h5-13H,4H2,1-3H3. The SMILES string of the molecule is CCOc1ccc(C=C2N=C(SC)N(c3ccccc3)C2=O)cc1OC. The van der Waals surface area contributed by atoms with E-state index in [0.29, 0.717) is 29.0 Å². The molecule has 0 unspecified atom stereocenters. The molecule has 6 heteroatoms. The molecule has 1 amide bonds. The summed E-state index contributed by atoms with van der Waals surface area (Å²) in [6.07, 6.45) is 3.67. The lowest BCUT2D eigenvalue weighted by Gasteiger charge is -2.16. The smallest absolute Gasteiger partial charge is 0.283 e. The first-order chi connectivity index (χ1) is 12.7. The second-order valence-electron chi connectivity index (χ2n) is 5.45. The summed E-state index contributed by atoms with van der Waals surface area (Å²) in [5, 5.41) is 0.658. The Morgan fingerprint density at radius 1 is 1.15 bits per heavy atom. The maximum absolute atomic E-state index is 12.9. The van der Waals surface area contributed by atoms with Gasteiger partial charge < -0.3 is 9.47 Å². The van der Waals surface area contributed by atoms with Gasteiger partial charge in [0.15, 0.2) is 16.7 Å². The fourth-order valence-electron chi connectivity index (χ4n) is 2.64. The summed E-state index contributed by atoms with van der Waals surface area (Å²) in [5.41, 5.74) is 2.02. The van der Waals surface area contributed by atoms with Crippen LogP contribution in [0.5, 0.6) is 11.5 Å². The zero-order chi connectivity index (χ0) is 18.5. The summed E-state index contributed by atoms with van der Waals surface area (Å²) in [5.74, 6) is 1.16. The van der Waals surface area contributed by atoms with Gasteiger partial charge in [-0.15, -0.1) is 0 Å². The van der Waals surface area contributed by atoms with Gasteiger partial charge in [-0.05, 0) is 49.1 Å². The topological polar surface area (TPSA) is 51.1 Å². The van der Waals surface area contributed by atoms with Crippen LogP contribution in [-0.2, 0) is 4.79 Å². The minimum atomic E-state index is -0.145. The van der Waals surface area contributed by atoms with Crippen LogP contribution in [0.4, 0.5) is 5.69 Å². The molecule has 1 aliphatic heterocycles. The van der Waals surface area contributed by atoms with Crippen molar-refractivity contribution < 1.29 is 14.3 Å². The Kier molecular flexibility index (Phi) is 5.63.